The molecule has 2 heteroatoms. The van der Waals surface area contributed by atoms with Crippen molar-refractivity contribution in [2.75, 3.05) is 0 Å². The molecule has 0 aliphatic carbocycles. The van der Waals surface area contributed by atoms with Crippen LogP contribution in [0.4, 0.5) is 0 Å². The van der Waals surface area contributed by atoms with E-state index in [4.69, 9.17) is 6.42 Å². The van der Waals surface area contributed by atoms with E-state index in [1.807, 2.05) is 13.8 Å². The third kappa shape index (κ3) is 3.05. The van der Waals surface area contributed by atoms with Gasteiger partial charge in [-0.05, 0) is 23.9 Å². The lowest BCUT2D eigenvalue weighted by Gasteiger charge is -2.07. The summed E-state index contributed by atoms with van der Waals surface area (Å²) >= 11 is 3.26. The molecule has 0 saturated carbocycles. The topological polar surface area (TPSA) is 20.2 Å². The lowest BCUT2D eigenvalue weighted by molar-refractivity contribution is 0.216. The van der Waals surface area contributed by atoms with E-state index in [0.29, 0.717) is 6.42 Å². The summed E-state index contributed by atoms with van der Waals surface area (Å²) in [7, 11) is 0. The molecule has 0 aromatic carbocycles. The summed E-state index contributed by atoms with van der Waals surface area (Å²) in [5, 5.41) is 9.26. The van der Waals surface area contributed by atoms with Crippen molar-refractivity contribution in [1.82, 2.24) is 0 Å². The Labute approximate surface area is 70.3 Å². The number of aliphatic hydroxyl groups is 1. The highest BCUT2D eigenvalue weighted by Crippen LogP contribution is 2.15. The van der Waals surface area contributed by atoms with Crippen molar-refractivity contribution in [2.24, 2.45) is 0 Å². The fourth-order valence-corrected chi connectivity index (χ4v) is 0.759. The average Bonchev–Trinajstić information content (AvgIpc) is 1.87. The van der Waals surface area contributed by atoms with Crippen LogP contribution in [0.1, 0.15) is 20.3 Å². The molecule has 0 bridgehead atoms. The zero-order valence-electron chi connectivity index (χ0n) is 6.19. The maximum absolute atomic E-state index is 9.26. The van der Waals surface area contributed by atoms with E-state index in [2.05, 4.69) is 21.9 Å². The molecular formula is C8H11BrO. The average molecular weight is 203 g/mol. The fraction of sp³-hybridized carbons (Fsp3) is 0.500. The van der Waals surface area contributed by atoms with E-state index in [9.17, 15) is 5.11 Å². The monoisotopic (exact) mass is 202 g/mol. The summed E-state index contributed by atoms with van der Waals surface area (Å²) in [6.45, 7) is 3.74. The Morgan fingerprint density at radius 3 is 2.50 bits per heavy atom. The molecule has 0 heterocycles. The molecule has 0 aliphatic heterocycles. The Balaban J connectivity index is 4.11. The minimum absolute atomic E-state index is 0.384. The SMILES string of the molecule is C#CCC(O)/C(C)=C(/C)Br. The van der Waals surface area contributed by atoms with E-state index < -0.39 is 6.10 Å². The minimum atomic E-state index is -0.496. The highest BCUT2D eigenvalue weighted by molar-refractivity contribution is 9.11. The van der Waals surface area contributed by atoms with Crippen LogP contribution in [0.15, 0.2) is 10.1 Å². The summed E-state index contributed by atoms with van der Waals surface area (Å²) in [6.07, 6.45) is 4.91. The second kappa shape index (κ2) is 4.54. The Morgan fingerprint density at radius 2 is 2.20 bits per heavy atom. The Kier molecular flexibility index (Phi) is 4.42. The van der Waals surface area contributed by atoms with Crippen LogP contribution in [0, 0.1) is 12.3 Å². The number of allylic oxidation sites excluding steroid dienone is 1. The molecule has 1 N–H and O–H groups in total. The van der Waals surface area contributed by atoms with Gasteiger partial charge in [-0.1, -0.05) is 15.9 Å². The molecule has 0 fully saturated rings. The van der Waals surface area contributed by atoms with Crippen molar-refractivity contribution in [3.05, 3.63) is 10.1 Å². The number of terminal acetylenes is 1. The van der Waals surface area contributed by atoms with Crippen molar-refractivity contribution in [3.8, 4) is 12.3 Å². The number of halogens is 1. The Morgan fingerprint density at radius 1 is 1.70 bits per heavy atom. The maximum atomic E-state index is 9.26. The maximum Gasteiger partial charge on any atom is 0.0867 e. The summed E-state index contributed by atoms with van der Waals surface area (Å²) < 4.78 is 0.954. The standard InChI is InChI=1S/C8H11BrO/c1-4-5-8(10)6(2)7(3)9/h1,8,10H,5H2,2-3H3/b7-6-. The van der Waals surface area contributed by atoms with Crippen LogP contribution < -0.4 is 0 Å². The summed E-state index contributed by atoms with van der Waals surface area (Å²) in [6, 6.07) is 0. The van der Waals surface area contributed by atoms with Crippen molar-refractivity contribution in [1.29, 1.82) is 0 Å². The van der Waals surface area contributed by atoms with Crippen LogP contribution in [0.25, 0.3) is 0 Å². The van der Waals surface area contributed by atoms with Crippen LogP contribution in [0.5, 0.6) is 0 Å². The van der Waals surface area contributed by atoms with Gasteiger partial charge in [-0.3, -0.25) is 0 Å². The predicted molar refractivity (Wildman–Crippen MR) is 46.8 cm³/mol. The first-order valence-corrected chi connectivity index (χ1v) is 3.83. The molecular weight excluding hydrogens is 192 g/mol. The first-order valence-electron chi connectivity index (χ1n) is 3.04. The summed E-state index contributed by atoms with van der Waals surface area (Å²) in [5.41, 5.74) is 0.901. The normalized spacial score (nSPS) is 15.5. The third-order valence-electron chi connectivity index (χ3n) is 1.35. The molecule has 0 aromatic rings. The van der Waals surface area contributed by atoms with E-state index in [1.54, 1.807) is 0 Å². The number of aliphatic hydroxyl groups excluding tert-OH is 1. The number of hydrogen-bond donors (Lipinski definition) is 1. The van der Waals surface area contributed by atoms with Crippen molar-refractivity contribution in [2.45, 2.75) is 26.4 Å². The van der Waals surface area contributed by atoms with Gasteiger partial charge in [-0.25, -0.2) is 0 Å². The van der Waals surface area contributed by atoms with Crippen molar-refractivity contribution < 1.29 is 5.11 Å². The largest absolute Gasteiger partial charge is 0.388 e. The highest BCUT2D eigenvalue weighted by atomic mass is 79.9. The fourth-order valence-electron chi connectivity index (χ4n) is 0.494. The van der Waals surface area contributed by atoms with E-state index in [-0.39, 0.29) is 0 Å². The van der Waals surface area contributed by atoms with Crippen molar-refractivity contribution >= 4 is 15.9 Å². The number of hydrogen-bond acceptors (Lipinski definition) is 1. The first-order chi connectivity index (χ1) is 4.59. The van der Waals surface area contributed by atoms with Crippen LogP contribution in [-0.2, 0) is 0 Å². The third-order valence-corrected chi connectivity index (χ3v) is 1.98. The molecule has 1 nitrogen and oxygen atoms in total. The van der Waals surface area contributed by atoms with Crippen LogP contribution >= 0.6 is 15.9 Å². The zero-order valence-corrected chi connectivity index (χ0v) is 7.77. The summed E-state index contributed by atoms with van der Waals surface area (Å²) in [5.74, 6) is 2.40. The molecule has 10 heavy (non-hydrogen) atoms. The summed E-state index contributed by atoms with van der Waals surface area (Å²) in [4.78, 5) is 0. The van der Waals surface area contributed by atoms with Crippen LogP contribution in [0.3, 0.4) is 0 Å². The second-order valence-electron chi connectivity index (χ2n) is 2.14. The molecule has 0 saturated heterocycles. The Bertz CT molecular complexity index is 172. The zero-order chi connectivity index (χ0) is 8.15. The van der Waals surface area contributed by atoms with E-state index >= 15 is 0 Å². The molecule has 56 valence electrons. The Hall–Kier alpha value is -0.260. The van der Waals surface area contributed by atoms with Crippen LogP contribution in [0.2, 0.25) is 0 Å². The van der Waals surface area contributed by atoms with Crippen LogP contribution in [-0.4, -0.2) is 11.2 Å². The second-order valence-corrected chi connectivity index (χ2v) is 3.33. The van der Waals surface area contributed by atoms with E-state index in [0.717, 1.165) is 10.1 Å². The lowest BCUT2D eigenvalue weighted by Crippen LogP contribution is -2.07. The molecule has 0 rings (SSSR count). The molecule has 1 unspecified atom stereocenters. The van der Waals surface area contributed by atoms with Crippen molar-refractivity contribution in [3.63, 3.8) is 0 Å². The molecule has 0 radical (unpaired) electrons. The quantitative estimate of drug-likeness (QED) is 0.681. The van der Waals surface area contributed by atoms with E-state index in [1.165, 1.54) is 0 Å². The predicted octanol–water partition coefficient (Wildman–Crippen LogP) is 2.06. The van der Waals surface area contributed by atoms with Gasteiger partial charge >= 0.3 is 0 Å². The van der Waals surface area contributed by atoms with Gasteiger partial charge in [0.05, 0.1) is 6.10 Å². The van der Waals surface area contributed by atoms with Gasteiger partial charge in [0.15, 0.2) is 0 Å². The van der Waals surface area contributed by atoms with Gasteiger partial charge in [0.2, 0.25) is 0 Å². The van der Waals surface area contributed by atoms with Gasteiger partial charge in [-0.2, -0.15) is 0 Å². The highest BCUT2D eigenvalue weighted by Gasteiger charge is 2.05. The first kappa shape index (κ1) is 9.74. The minimum Gasteiger partial charge on any atom is -0.388 e. The number of rotatable bonds is 2. The molecule has 0 spiro atoms. The molecule has 1 atom stereocenters. The smallest absolute Gasteiger partial charge is 0.0867 e. The van der Waals surface area contributed by atoms with Gasteiger partial charge < -0.3 is 5.11 Å². The van der Waals surface area contributed by atoms with Gasteiger partial charge in [-0.15, -0.1) is 12.3 Å². The van der Waals surface area contributed by atoms with Gasteiger partial charge in [0.25, 0.3) is 0 Å². The molecule has 0 amide bonds. The van der Waals surface area contributed by atoms with Gasteiger partial charge in [0, 0.05) is 6.42 Å². The molecule has 0 aromatic heterocycles. The molecule has 0 aliphatic rings. The lowest BCUT2D eigenvalue weighted by atomic mass is 10.1. The van der Waals surface area contributed by atoms with Gasteiger partial charge in [0.1, 0.15) is 0 Å².